The van der Waals surface area contributed by atoms with Gasteiger partial charge in [0, 0.05) is 43.7 Å². The summed E-state index contributed by atoms with van der Waals surface area (Å²) in [7, 11) is -1.35. The Hall–Kier alpha value is -4.15. The van der Waals surface area contributed by atoms with Crippen molar-refractivity contribution in [1.29, 1.82) is 0 Å². The van der Waals surface area contributed by atoms with Crippen LogP contribution in [0, 0.1) is 12.1 Å². The van der Waals surface area contributed by atoms with E-state index >= 15 is 0 Å². The summed E-state index contributed by atoms with van der Waals surface area (Å²) in [5, 5.41) is 3.86. The summed E-state index contributed by atoms with van der Waals surface area (Å²) in [5.74, 6) is 0. The number of fused-ring (bicyclic) bond motifs is 3. The normalized spacial score (nSPS) is 11.0. The fourth-order valence-electron chi connectivity index (χ4n) is 4.99. The molecule has 7 aromatic rings. The van der Waals surface area contributed by atoms with Crippen LogP contribution in [0.5, 0.6) is 0 Å². The molecule has 3 heterocycles. The molecule has 0 aliphatic rings. The zero-order chi connectivity index (χ0) is 28.2. The molecule has 0 N–H and O–H groups in total. The van der Waals surface area contributed by atoms with Crippen molar-refractivity contribution < 1.29 is 20.1 Å². The maximum Gasteiger partial charge on any atom is 0.0795 e. The standard InChI is InChI=1S/C26H23N2Si.C11H8N.Ir/c1-29(2,3)21-14-15-24(27-18-21)19-13-16-26-23(17-19)22-11-7-8-12-25(22)28(26)20-9-5-4-6-10-20;1-2-6-10(7-3-1)11-8-4-5-9-12-11;/h4-12,14-18H,1-3H3;1-6,8-9H;/q2*-1;. The second kappa shape index (κ2) is 12.8. The van der Waals surface area contributed by atoms with Crippen molar-refractivity contribution in [3.8, 4) is 28.2 Å². The van der Waals surface area contributed by atoms with Gasteiger partial charge in [0.15, 0.2) is 0 Å². The Morgan fingerprint density at radius 1 is 0.619 bits per heavy atom. The molecule has 0 atom stereocenters. The van der Waals surface area contributed by atoms with Crippen LogP contribution in [0.1, 0.15) is 0 Å². The monoisotopic (exact) mass is 738 g/mol. The molecule has 209 valence electrons. The van der Waals surface area contributed by atoms with Gasteiger partial charge in [-0.1, -0.05) is 85.7 Å². The van der Waals surface area contributed by atoms with Crippen LogP contribution in [0.2, 0.25) is 19.6 Å². The molecule has 0 unspecified atom stereocenters. The van der Waals surface area contributed by atoms with Crippen molar-refractivity contribution in [2.45, 2.75) is 19.6 Å². The van der Waals surface area contributed by atoms with Crippen LogP contribution in [0.4, 0.5) is 0 Å². The van der Waals surface area contributed by atoms with E-state index < -0.39 is 8.07 Å². The van der Waals surface area contributed by atoms with Gasteiger partial charge in [0.05, 0.1) is 8.07 Å². The first-order chi connectivity index (χ1) is 20.0. The van der Waals surface area contributed by atoms with Crippen molar-refractivity contribution in [2.24, 2.45) is 0 Å². The smallest absolute Gasteiger partial charge is 0.0795 e. The van der Waals surface area contributed by atoms with E-state index in [4.69, 9.17) is 4.98 Å². The summed E-state index contributed by atoms with van der Waals surface area (Å²) < 4.78 is 2.31. The van der Waals surface area contributed by atoms with Gasteiger partial charge in [0.1, 0.15) is 0 Å². The van der Waals surface area contributed by atoms with Crippen LogP contribution >= 0.6 is 0 Å². The minimum absolute atomic E-state index is 0. The van der Waals surface area contributed by atoms with Crippen LogP contribution in [-0.2, 0) is 20.1 Å². The summed E-state index contributed by atoms with van der Waals surface area (Å²) in [5.41, 5.74) is 7.57. The van der Waals surface area contributed by atoms with E-state index in [1.807, 2.05) is 48.7 Å². The maximum atomic E-state index is 4.76. The minimum atomic E-state index is -1.35. The molecule has 1 radical (unpaired) electrons. The quantitative estimate of drug-likeness (QED) is 0.134. The molecule has 0 fully saturated rings. The minimum Gasteiger partial charge on any atom is -0.351 e. The van der Waals surface area contributed by atoms with E-state index in [1.165, 1.54) is 27.0 Å². The molecule has 42 heavy (non-hydrogen) atoms. The average molecular weight is 738 g/mol. The first-order valence-electron chi connectivity index (χ1n) is 13.8. The van der Waals surface area contributed by atoms with Gasteiger partial charge in [-0.2, -0.15) is 0 Å². The molecular weight excluding hydrogens is 707 g/mol. The zero-order valence-corrected chi connectivity index (χ0v) is 27.3. The number of rotatable bonds is 4. The molecule has 3 aromatic heterocycles. The Morgan fingerprint density at radius 2 is 1.36 bits per heavy atom. The van der Waals surface area contributed by atoms with Gasteiger partial charge >= 0.3 is 0 Å². The third-order valence-corrected chi connectivity index (χ3v) is 9.20. The Labute approximate surface area is 262 Å². The number of aromatic nitrogens is 3. The molecule has 0 amide bonds. The van der Waals surface area contributed by atoms with E-state index in [-0.39, 0.29) is 20.1 Å². The molecular formula is C37H31IrN3Si-2. The second-order valence-electron chi connectivity index (χ2n) is 11.0. The Balaban J connectivity index is 0.000000228. The summed E-state index contributed by atoms with van der Waals surface area (Å²) in [6, 6.07) is 48.1. The van der Waals surface area contributed by atoms with Gasteiger partial charge in [-0.15, -0.1) is 59.7 Å². The molecule has 4 aromatic carbocycles. The van der Waals surface area contributed by atoms with E-state index in [1.54, 1.807) is 6.20 Å². The van der Waals surface area contributed by atoms with Crippen molar-refractivity contribution in [2.75, 3.05) is 0 Å². The summed E-state index contributed by atoms with van der Waals surface area (Å²) >= 11 is 0. The molecule has 0 saturated heterocycles. The largest absolute Gasteiger partial charge is 0.351 e. The number of nitrogens with zero attached hydrogens (tertiary/aromatic N) is 3. The van der Waals surface area contributed by atoms with Crippen molar-refractivity contribution in [3.63, 3.8) is 0 Å². The van der Waals surface area contributed by atoms with Crippen LogP contribution < -0.4 is 5.19 Å². The van der Waals surface area contributed by atoms with Gasteiger partial charge in [-0.3, -0.25) is 0 Å². The third-order valence-electron chi connectivity index (χ3n) is 7.17. The van der Waals surface area contributed by atoms with Gasteiger partial charge < -0.3 is 14.5 Å². The molecule has 0 bridgehead atoms. The number of hydrogen-bond acceptors (Lipinski definition) is 2. The van der Waals surface area contributed by atoms with Crippen molar-refractivity contribution >= 4 is 35.1 Å². The molecule has 5 heteroatoms. The Kier molecular flexibility index (Phi) is 8.93. The van der Waals surface area contributed by atoms with Gasteiger partial charge in [-0.05, 0) is 51.7 Å². The van der Waals surface area contributed by atoms with E-state index in [2.05, 4.69) is 120 Å². The maximum absolute atomic E-state index is 4.76. The molecule has 0 spiro atoms. The fourth-order valence-corrected chi connectivity index (χ4v) is 6.02. The van der Waals surface area contributed by atoms with Crippen LogP contribution in [-0.4, -0.2) is 22.6 Å². The van der Waals surface area contributed by atoms with E-state index in [0.29, 0.717) is 0 Å². The summed E-state index contributed by atoms with van der Waals surface area (Å²) in [6.45, 7) is 7.04. The third kappa shape index (κ3) is 6.19. The number of benzene rings is 4. The van der Waals surface area contributed by atoms with E-state index in [9.17, 15) is 0 Å². The molecule has 7 rings (SSSR count). The average Bonchev–Trinajstić information content (AvgIpc) is 3.36. The summed E-state index contributed by atoms with van der Waals surface area (Å²) in [6.07, 6.45) is 3.84. The number of hydrogen-bond donors (Lipinski definition) is 0. The van der Waals surface area contributed by atoms with Crippen LogP contribution in [0.25, 0.3) is 50.0 Å². The molecule has 0 aliphatic heterocycles. The number of para-hydroxylation sites is 2. The summed E-state index contributed by atoms with van der Waals surface area (Å²) in [4.78, 5) is 8.98. The predicted molar refractivity (Wildman–Crippen MR) is 174 cm³/mol. The Morgan fingerprint density at radius 3 is 2.05 bits per heavy atom. The first kappa shape index (κ1) is 29.3. The van der Waals surface area contributed by atoms with Gasteiger partial charge in [0.25, 0.3) is 0 Å². The second-order valence-corrected chi connectivity index (χ2v) is 16.1. The molecule has 0 aliphatic carbocycles. The zero-order valence-electron chi connectivity index (χ0n) is 23.9. The van der Waals surface area contributed by atoms with Crippen LogP contribution in [0.15, 0.2) is 134 Å². The van der Waals surface area contributed by atoms with Crippen molar-refractivity contribution in [3.05, 3.63) is 146 Å². The van der Waals surface area contributed by atoms with E-state index in [0.717, 1.165) is 28.2 Å². The topological polar surface area (TPSA) is 30.7 Å². The fraction of sp³-hybridized carbons (Fsp3) is 0.0811. The van der Waals surface area contributed by atoms with Gasteiger partial charge in [-0.25, -0.2) is 0 Å². The first-order valence-corrected chi connectivity index (χ1v) is 17.3. The molecule has 3 nitrogen and oxygen atoms in total. The molecule has 0 saturated carbocycles. The van der Waals surface area contributed by atoms with Crippen molar-refractivity contribution in [1.82, 2.24) is 14.5 Å². The van der Waals surface area contributed by atoms with Gasteiger partial charge in [0.2, 0.25) is 0 Å². The number of pyridine rings is 2. The Bertz CT molecular complexity index is 1860. The SMILES string of the molecule is C[Si](C)(C)c1ccc(-c2[c-]cc3c(c2)c2ccccc2n3-c2ccccc2)nc1.[Ir].[c-]1ccccc1-c1ccccn1. The predicted octanol–water partition coefficient (Wildman–Crippen LogP) is 8.74. The van der Waals surface area contributed by atoms with Crippen LogP contribution in [0.3, 0.4) is 0 Å².